The molecular formula is C30H56N4O5. The van der Waals surface area contributed by atoms with Crippen molar-refractivity contribution in [3.05, 3.63) is 0 Å². The molecule has 1 heterocycles. The minimum absolute atomic E-state index is 0.0787. The SMILES string of the molecule is CC(C)CCC(=O)N(C(CCCCC1CCCCC1)C(=O)NOC1CCCCO1)N(CC(C)C)C(=O)[C@@H](C)N. The minimum atomic E-state index is -0.874. The van der Waals surface area contributed by atoms with Gasteiger partial charge in [-0.15, -0.1) is 0 Å². The molecule has 0 aromatic rings. The molecule has 0 aromatic carbocycles. The molecule has 9 heteroatoms. The summed E-state index contributed by atoms with van der Waals surface area (Å²) in [6, 6.07) is -1.67. The summed E-state index contributed by atoms with van der Waals surface area (Å²) in [5.41, 5.74) is 8.63. The molecule has 0 radical (unpaired) electrons. The van der Waals surface area contributed by atoms with E-state index in [2.05, 4.69) is 19.3 Å². The van der Waals surface area contributed by atoms with Crippen LogP contribution in [0.15, 0.2) is 0 Å². The smallest absolute Gasteiger partial charge is 0.268 e. The number of carbonyl (C=O) groups excluding carboxylic acids is 3. The predicted octanol–water partition coefficient (Wildman–Crippen LogP) is 5.08. The van der Waals surface area contributed by atoms with Crippen molar-refractivity contribution in [1.82, 2.24) is 15.5 Å². The summed E-state index contributed by atoms with van der Waals surface area (Å²) in [5.74, 6) is 0.116. The molecule has 1 aliphatic heterocycles. The van der Waals surface area contributed by atoms with Gasteiger partial charge in [-0.05, 0) is 50.4 Å². The van der Waals surface area contributed by atoms with E-state index in [1.54, 1.807) is 6.92 Å². The molecule has 1 saturated carbocycles. The summed E-state index contributed by atoms with van der Waals surface area (Å²) >= 11 is 0. The standard InChI is InChI=1S/C30H56N4O5/c1-22(2)18-19-27(35)34(33(21-23(3)4)30(37)24(5)31)26(16-10-9-15-25-13-7-6-8-14-25)29(36)32-39-28-17-11-12-20-38-28/h22-26,28H,6-21,31H2,1-5H3,(H,32,36)/t24-,26?,28?/m1/s1. The highest BCUT2D eigenvalue weighted by Crippen LogP contribution is 2.28. The summed E-state index contributed by atoms with van der Waals surface area (Å²) in [4.78, 5) is 46.5. The van der Waals surface area contributed by atoms with E-state index < -0.39 is 24.3 Å². The fourth-order valence-electron chi connectivity index (χ4n) is 5.48. The number of nitrogens with zero attached hydrogens (tertiary/aromatic N) is 2. The molecule has 0 spiro atoms. The molecule has 2 rings (SSSR count). The monoisotopic (exact) mass is 552 g/mol. The van der Waals surface area contributed by atoms with Crippen LogP contribution < -0.4 is 11.2 Å². The Morgan fingerprint density at radius 1 is 0.923 bits per heavy atom. The van der Waals surface area contributed by atoms with Gasteiger partial charge in [-0.3, -0.25) is 14.4 Å². The lowest BCUT2D eigenvalue weighted by atomic mass is 9.85. The lowest BCUT2D eigenvalue weighted by Gasteiger charge is -2.41. The highest BCUT2D eigenvalue weighted by molar-refractivity contribution is 5.90. The zero-order chi connectivity index (χ0) is 28.8. The fourth-order valence-corrected chi connectivity index (χ4v) is 5.48. The summed E-state index contributed by atoms with van der Waals surface area (Å²) in [5, 5.41) is 2.84. The number of hydrogen-bond acceptors (Lipinski definition) is 6. The van der Waals surface area contributed by atoms with Gasteiger partial charge in [0.15, 0.2) is 6.29 Å². The van der Waals surface area contributed by atoms with E-state index in [0.717, 1.165) is 38.0 Å². The van der Waals surface area contributed by atoms with Crippen molar-refractivity contribution < 1.29 is 24.0 Å². The van der Waals surface area contributed by atoms with Gasteiger partial charge in [0.2, 0.25) is 5.91 Å². The molecule has 226 valence electrons. The molecule has 2 fully saturated rings. The quantitative estimate of drug-likeness (QED) is 0.216. The van der Waals surface area contributed by atoms with E-state index in [0.29, 0.717) is 38.3 Å². The normalized spacial score (nSPS) is 20.1. The van der Waals surface area contributed by atoms with Crippen LogP contribution in [0.5, 0.6) is 0 Å². The van der Waals surface area contributed by atoms with Gasteiger partial charge < -0.3 is 10.5 Å². The van der Waals surface area contributed by atoms with Gasteiger partial charge in [0.05, 0.1) is 6.04 Å². The van der Waals surface area contributed by atoms with E-state index in [1.165, 1.54) is 42.1 Å². The first-order valence-electron chi connectivity index (χ1n) is 15.6. The summed E-state index contributed by atoms with van der Waals surface area (Å²) < 4.78 is 5.62. The second-order valence-corrected chi connectivity index (χ2v) is 12.5. The molecule has 3 atom stereocenters. The second kappa shape index (κ2) is 17.9. The Morgan fingerprint density at radius 3 is 2.21 bits per heavy atom. The number of rotatable bonds is 15. The molecule has 1 saturated heterocycles. The van der Waals surface area contributed by atoms with E-state index in [9.17, 15) is 14.4 Å². The number of nitrogens with one attached hydrogen (secondary N) is 1. The van der Waals surface area contributed by atoms with Crippen molar-refractivity contribution in [2.45, 2.75) is 143 Å². The zero-order valence-corrected chi connectivity index (χ0v) is 25.3. The molecule has 3 N–H and O–H groups in total. The first-order chi connectivity index (χ1) is 18.6. The molecule has 9 nitrogen and oxygen atoms in total. The van der Waals surface area contributed by atoms with Crippen LogP contribution in [0.1, 0.15) is 125 Å². The Balaban J connectivity index is 2.27. The van der Waals surface area contributed by atoms with Gasteiger partial charge in [0.25, 0.3) is 11.8 Å². The molecule has 0 bridgehead atoms. The maximum Gasteiger partial charge on any atom is 0.268 e. The third-order valence-electron chi connectivity index (χ3n) is 7.72. The van der Waals surface area contributed by atoms with E-state index in [4.69, 9.17) is 15.3 Å². The van der Waals surface area contributed by atoms with E-state index in [-0.39, 0.29) is 24.2 Å². The van der Waals surface area contributed by atoms with Crippen molar-refractivity contribution in [3.8, 4) is 0 Å². The Hall–Kier alpha value is -1.71. The Bertz CT molecular complexity index is 733. The van der Waals surface area contributed by atoms with Crippen molar-refractivity contribution in [3.63, 3.8) is 0 Å². The van der Waals surface area contributed by atoms with Crippen LogP contribution in [-0.4, -0.2) is 59.3 Å². The number of hydrazine groups is 1. The van der Waals surface area contributed by atoms with Crippen LogP contribution >= 0.6 is 0 Å². The van der Waals surface area contributed by atoms with Gasteiger partial charge in [-0.25, -0.2) is 20.3 Å². The summed E-state index contributed by atoms with van der Waals surface area (Å²) in [7, 11) is 0. The van der Waals surface area contributed by atoms with Gasteiger partial charge in [0.1, 0.15) is 6.04 Å². The lowest BCUT2D eigenvalue weighted by molar-refractivity contribution is -0.206. The Kier molecular flexibility index (Phi) is 15.3. The maximum atomic E-state index is 13.8. The first-order valence-corrected chi connectivity index (χ1v) is 15.6. The summed E-state index contributed by atoms with van der Waals surface area (Å²) in [6.45, 7) is 10.6. The average Bonchev–Trinajstić information content (AvgIpc) is 2.91. The van der Waals surface area contributed by atoms with Crippen LogP contribution in [-0.2, 0) is 24.0 Å². The van der Waals surface area contributed by atoms with Crippen LogP contribution in [0.2, 0.25) is 0 Å². The number of ether oxygens (including phenoxy) is 1. The summed E-state index contributed by atoms with van der Waals surface area (Å²) in [6.07, 6.45) is 12.9. The zero-order valence-electron chi connectivity index (χ0n) is 25.3. The minimum Gasteiger partial charge on any atom is -0.350 e. The highest BCUT2D eigenvalue weighted by atomic mass is 16.8. The number of hydroxylamine groups is 1. The first kappa shape index (κ1) is 33.5. The fraction of sp³-hybridized carbons (Fsp3) is 0.900. The Morgan fingerprint density at radius 2 is 1.62 bits per heavy atom. The molecule has 39 heavy (non-hydrogen) atoms. The lowest BCUT2D eigenvalue weighted by Crippen LogP contribution is -2.62. The Labute approximate surface area is 236 Å². The predicted molar refractivity (Wildman–Crippen MR) is 153 cm³/mol. The number of nitrogens with two attached hydrogens (primary N) is 1. The van der Waals surface area contributed by atoms with Crippen LogP contribution in [0, 0.1) is 17.8 Å². The van der Waals surface area contributed by atoms with Crippen LogP contribution in [0.25, 0.3) is 0 Å². The third-order valence-corrected chi connectivity index (χ3v) is 7.72. The van der Waals surface area contributed by atoms with Crippen molar-refractivity contribution in [1.29, 1.82) is 0 Å². The number of hydrogen-bond donors (Lipinski definition) is 2. The maximum absolute atomic E-state index is 13.8. The number of unbranched alkanes of at least 4 members (excludes halogenated alkanes) is 1. The van der Waals surface area contributed by atoms with Crippen LogP contribution in [0.3, 0.4) is 0 Å². The number of amides is 3. The molecule has 0 aromatic heterocycles. The van der Waals surface area contributed by atoms with E-state index >= 15 is 0 Å². The van der Waals surface area contributed by atoms with Crippen molar-refractivity contribution in [2.24, 2.45) is 23.5 Å². The van der Waals surface area contributed by atoms with Gasteiger partial charge in [0, 0.05) is 26.0 Å². The van der Waals surface area contributed by atoms with Gasteiger partial charge >= 0.3 is 0 Å². The molecule has 2 unspecified atom stereocenters. The average molecular weight is 553 g/mol. The molecule has 3 amide bonds. The number of carbonyl (C=O) groups is 3. The third kappa shape index (κ3) is 12.1. The topological polar surface area (TPSA) is 114 Å². The molecular weight excluding hydrogens is 496 g/mol. The van der Waals surface area contributed by atoms with E-state index in [1.807, 2.05) is 13.8 Å². The largest absolute Gasteiger partial charge is 0.350 e. The molecule has 1 aliphatic carbocycles. The van der Waals surface area contributed by atoms with Crippen LogP contribution in [0.4, 0.5) is 0 Å². The molecule has 2 aliphatic rings. The van der Waals surface area contributed by atoms with Crippen molar-refractivity contribution in [2.75, 3.05) is 13.2 Å². The van der Waals surface area contributed by atoms with Gasteiger partial charge in [-0.2, -0.15) is 0 Å². The highest BCUT2D eigenvalue weighted by Gasteiger charge is 2.38. The van der Waals surface area contributed by atoms with Crippen molar-refractivity contribution >= 4 is 17.7 Å². The second-order valence-electron chi connectivity index (χ2n) is 12.5. The van der Waals surface area contributed by atoms with Gasteiger partial charge in [-0.1, -0.05) is 79.1 Å².